The minimum atomic E-state index is 0.188. The molecule has 0 radical (unpaired) electrons. The number of para-hydroxylation sites is 1. The topological polar surface area (TPSA) is 35.2 Å². The molecule has 19 heavy (non-hydrogen) atoms. The largest absolute Gasteiger partial charge is 0.496 e. The molecule has 1 unspecified atom stereocenters. The van der Waals surface area contributed by atoms with Gasteiger partial charge in [0.05, 0.1) is 7.11 Å². The first-order valence-electron chi connectivity index (χ1n) is 6.00. The van der Waals surface area contributed by atoms with Gasteiger partial charge < -0.3 is 10.5 Å². The molecule has 0 aliphatic heterocycles. The lowest BCUT2D eigenvalue weighted by Gasteiger charge is -2.16. The average molecular weight is 294 g/mol. The van der Waals surface area contributed by atoms with Crippen molar-refractivity contribution in [2.45, 2.75) is 10.1 Å². The highest BCUT2D eigenvalue weighted by atomic mass is 35.5. The van der Waals surface area contributed by atoms with Crippen LogP contribution in [0.5, 0.6) is 5.75 Å². The van der Waals surface area contributed by atoms with Gasteiger partial charge in [0, 0.05) is 21.7 Å². The van der Waals surface area contributed by atoms with E-state index in [-0.39, 0.29) is 5.25 Å². The number of ether oxygens (including phenoxy) is 1. The van der Waals surface area contributed by atoms with E-state index < -0.39 is 0 Å². The molecule has 0 saturated heterocycles. The number of benzene rings is 2. The zero-order chi connectivity index (χ0) is 13.7. The van der Waals surface area contributed by atoms with E-state index in [0.29, 0.717) is 6.54 Å². The fourth-order valence-electron chi connectivity index (χ4n) is 1.80. The number of hydrogen-bond acceptors (Lipinski definition) is 3. The Morgan fingerprint density at radius 3 is 2.47 bits per heavy atom. The Kier molecular flexibility index (Phi) is 5.14. The lowest BCUT2D eigenvalue weighted by molar-refractivity contribution is 0.404. The van der Waals surface area contributed by atoms with Gasteiger partial charge in [0.2, 0.25) is 0 Å². The van der Waals surface area contributed by atoms with Crippen molar-refractivity contribution in [3.8, 4) is 5.75 Å². The van der Waals surface area contributed by atoms with Crippen LogP contribution in [-0.4, -0.2) is 13.7 Å². The molecule has 2 nitrogen and oxygen atoms in total. The highest BCUT2D eigenvalue weighted by molar-refractivity contribution is 7.99. The van der Waals surface area contributed by atoms with Crippen molar-refractivity contribution >= 4 is 23.4 Å². The van der Waals surface area contributed by atoms with E-state index >= 15 is 0 Å². The number of hydrogen-bond donors (Lipinski definition) is 1. The van der Waals surface area contributed by atoms with Crippen molar-refractivity contribution in [1.29, 1.82) is 0 Å². The molecule has 2 rings (SSSR count). The highest BCUT2D eigenvalue weighted by Crippen LogP contribution is 2.39. The molecule has 0 aliphatic rings. The average Bonchev–Trinajstić information content (AvgIpc) is 2.46. The molecular formula is C15H16ClNOS. The first kappa shape index (κ1) is 14.3. The summed E-state index contributed by atoms with van der Waals surface area (Å²) >= 11 is 7.62. The Morgan fingerprint density at radius 2 is 1.84 bits per heavy atom. The Balaban J connectivity index is 2.21. The van der Waals surface area contributed by atoms with Gasteiger partial charge in [-0.05, 0) is 29.8 Å². The van der Waals surface area contributed by atoms with Crippen LogP contribution in [0, 0.1) is 0 Å². The van der Waals surface area contributed by atoms with Gasteiger partial charge >= 0.3 is 0 Å². The first-order chi connectivity index (χ1) is 9.24. The van der Waals surface area contributed by atoms with Gasteiger partial charge in [-0.2, -0.15) is 0 Å². The Labute approximate surface area is 122 Å². The van der Waals surface area contributed by atoms with Crippen molar-refractivity contribution < 1.29 is 4.74 Å². The van der Waals surface area contributed by atoms with Gasteiger partial charge in [0.25, 0.3) is 0 Å². The molecule has 0 saturated carbocycles. The predicted molar refractivity (Wildman–Crippen MR) is 82.1 cm³/mol. The maximum absolute atomic E-state index is 5.91. The molecule has 4 heteroatoms. The van der Waals surface area contributed by atoms with E-state index in [4.69, 9.17) is 22.1 Å². The molecule has 0 heterocycles. The highest BCUT2D eigenvalue weighted by Gasteiger charge is 2.13. The lowest BCUT2D eigenvalue weighted by atomic mass is 10.1. The van der Waals surface area contributed by atoms with Crippen LogP contribution in [0.2, 0.25) is 5.02 Å². The molecule has 0 amide bonds. The normalized spacial score (nSPS) is 12.2. The second-order valence-corrected chi connectivity index (χ2v) is 5.73. The zero-order valence-electron chi connectivity index (χ0n) is 10.7. The molecule has 2 aromatic carbocycles. The third kappa shape index (κ3) is 3.66. The minimum absolute atomic E-state index is 0.188. The van der Waals surface area contributed by atoms with Crippen LogP contribution in [0.25, 0.3) is 0 Å². The summed E-state index contributed by atoms with van der Waals surface area (Å²) in [4.78, 5) is 1.09. The molecule has 0 aromatic heterocycles. The third-order valence-electron chi connectivity index (χ3n) is 2.79. The number of methoxy groups -OCH3 is 1. The molecular weight excluding hydrogens is 278 g/mol. The van der Waals surface area contributed by atoms with Crippen LogP contribution in [0.3, 0.4) is 0 Å². The Morgan fingerprint density at radius 1 is 1.16 bits per heavy atom. The van der Waals surface area contributed by atoms with E-state index in [0.717, 1.165) is 15.7 Å². The minimum Gasteiger partial charge on any atom is -0.496 e. The lowest BCUT2D eigenvalue weighted by Crippen LogP contribution is -2.09. The van der Waals surface area contributed by atoms with E-state index in [1.54, 1.807) is 18.9 Å². The maximum atomic E-state index is 5.91. The summed E-state index contributed by atoms with van der Waals surface area (Å²) in [5.41, 5.74) is 7.06. The standard InChI is InChI=1S/C15H16ClNOS/c1-18-13-4-2-3-5-14(13)19-15(10-17)11-6-8-12(16)9-7-11/h2-9,15H,10,17H2,1H3. The van der Waals surface area contributed by atoms with E-state index in [9.17, 15) is 0 Å². The van der Waals surface area contributed by atoms with Crippen LogP contribution < -0.4 is 10.5 Å². The second-order valence-electron chi connectivity index (χ2n) is 4.04. The van der Waals surface area contributed by atoms with Crippen molar-refractivity contribution in [2.75, 3.05) is 13.7 Å². The maximum Gasteiger partial charge on any atom is 0.132 e. The molecule has 100 valence electrons. The number of halogens is 1. The van der Waals surface area contributed by atoms with E-state index in [1.807, 2.05) is 48.5 Å². The summed E-state index contributed by atoms with van der Waals surface area (Å²) in [6.45, 7) is 0.560. The van der Waals surface area contributed by atoms with Gasteiger partial charge in [-0.15, -0.1) is 11.8 Å². The monoisotopic (exact) mass is 293 g/mol. The number of nitrogens with two attached hydrogens (primary N) is 1. The van der Waals surface area contributed by atoms with Crippen LogP contribution in [0.4, 0.5) is 0 Å². The third-order valence-corrected chi connectivity index (χ3v) is 4.39. The van der Waals surface area contributed by atoms with E-state index in [1.165, 1.54) is 5.56 Å². The van der Waals surface area contributed by atoms with Crippen molar-refractivity contribution in [3.05, 3.63) is 59.1 Å². The van der Waals surface area contributed by atoms with Gasteiger partial charge in [0.15, 0.2) is 0 Å². The van der Waals surface area contributed by atoms with Gasteiger partial charge in [-0.3, -0.25) is 0 Å². The summed E-state index contributed by atoms with van der Waals surface area (Å²) < 4.78 is 5.36. The SMILES string of the molecule is COc1ccccc1SC(CN)c1ccc(Cl)cc1. The summed E-state index contributed by atoms with van der Waals surface area (Å²) in [7, 11) is 1.68. The predicted octanol–water partition coefficient (Wildman–Crippen LogP) is 4.14. The van der Waals surface area contributed by atoms with Crippen LogP contribution in [-0.2, 0) is 0 Å². The summed E-state index contributed by atoms with van der Waals surface area (Å²) in [5.74, 6) is 0.875. The molecule has 2 N–H and O–H groups in total. The van der Waals surface area contributed by atoms with Crippen LogP contribution in [0.15, 0.2) is 53.4 Å². The Bertz CT molecular complexity index is 530. The molecule has 1 atom stereocenters. The number of thioether (sulfide) groups is 1. The summed E-state index contributed by atoms with van der Waals surface area (Å²) in [5, 5.41) is 0.926. The first-order valence-corrected chi connectivity index (χ1v) is 7.25. The summed E-state index contributed by atoms with van der Waals surface area (Å²) in [6.07, 6.45) is 0. The van der Waals surface area contributed by atoms with E-state index in [2.05, 4.69) is 0 Å². The summed E-state index contributed by atoms with van der Waals surface area (Å²) in [6, 6.07) is 15.8. The smallest absolute Gasteiger partial charge is 0.132 e. The van der Waals surface area contributed by atoms with Crippen molar-refractivity contribution in [2.24, 2.45) is 5.73 Å². The van der Waals surface area contributed by atoms with Gasteiger partial charge in [0.1, 0.15) is 5.75 Å². The quantitative estimate of drug-likeness (QED) is 0.842. The fourth-order valence-corrected chi connectivity index (χ4v) is 3.05. The molecule has 0 bridgehead atoms. The molecule has 0 spiro atoms. The van der Waals surface area contributed by atoms with Gasteiger partial charge in [-0.25, -0.2) is 0 Å². The zero-order valence-corrected chi connectivity index (χ0v) is 12.2. The number of rotatable bonds is 5. The van der Waals surface area contributed by atoms with Crippen molar-refractivity contribution in [3.63, 3.8) is 0 Å². The van der Waals surface area contributed by atoms with Crippen LogP contribution in [0.1, 0.15) is 10.8 Å². The second kappa shape index (κ2) is 6.85. The van der Waals surface area contributed by atoms with Gasteiger partial charge in [-0.1, -0.05) is 35.9 Å². The molecule has 0 fully saturated rings. The molecule has 2 aromatic rings. The fraction of sp³-hybridized carbons (Fsp3) is 0.200. The van der Waals surface area contributed by atoms with Crippen LogP contribution >= 0.6 is 23.4 Å². The van der Waals surface area contributed by atoms with Crippen molar-refractivity contribution in [1.82, 2.24) is 0 Å². The Hall–Kier alpha value is -1.16. The molecule has 0 aliphatic carbocycles.